The van der Waals surface area contributed by atoms with Crippen molar-refractivity contribution in [3.05, 3.63) is 71.3 Å². The summed E-state index contributed by atoms with van der Waals surface area (Å²) in [6.45, 7) is 1.54. The van der Waals surface area contributed by atoms with Gasteiger partial charge in [-0.3, -0.25) is 14.4 Å². The van der Waals surface area contributed by atoms with E-state index in [9.17, 15) is 23.2 Å². The van der Waals surface area contributed by atoms with Crippen molar-refractivity contribution < 1.29 is 27.9 Å². The van der Waals surface area contributed by atoms with Gasteiger partial charge in [-0.1, -0.05) is 30.3 Å². The van der Waals surface area contributed by atoms with Crippen LogP contribution in [0.3, 0.4) is 0 Å². The zero-order chi connectivity index (χ0) is 21.0. The molecule has 0 aliphatic carbocycles. The number of hydrogen-bond donors (Lipinski definition) is 0. The average Bonchev–Trinajstić information content (AvgIpc) is 2.74. The fraction of sp³-hybridized carbons (Fsp3) is 0.318. The Morgan fingerprint density at radius 3 is 2.31 bits per heavy atom. The van der Waals surface area contributed by atoms with Crippen LogP contribution in [-0.4, -0.2) is 42.3 Å². The van der Waals surface area contributed by atoms with E-state index in [2.05, 4.69) is 0 Å². The summed E-state index contributed by atoms with van der Waals surface area (Å²) in [5.74, 6) is -3.13. The standard InChI is InChI=1S/C22H21F2NO4/c1-15(26)25-11-9-22(10-12-25,16-5-3-2-4-6-16)21(28)29-14-20(27)18-13-17(23)7-8-19(18)24/h2-8,13H,9-12,14H2,1H3. The summed E-state index contributed by atoms with van der Waals surface area (Å²) in [6, 6.07) is 11.6. The molecule has 1 aliphatic rings. The number of carbonyl (C=O) groups is 3. The van der Waals surface area contributed by atoms with Crippen molar-refractivity contribution >= 4 is 17.7 Å². The van der Waals surface area contributed by atoms with E-state index in [4.69, 9.17) is 4.74 Å². The van der Waals surface area contributed by atoms with Crippen molar-refractivity contribution in [1.29, 1.82) is 0 Å². The molecule has 29 heavy (non-hydrogen) atoms. The molecule has 152 valence electrons. The topological polar surface area (TPSA) is 63.7 Å². The molecule has 2 aromatic carbocycles. The lowest BCUT2D eigenvalue weighted by Gasteiger charge is -2.40. The van der Waals surface area contributed by atoms with Crippen LogP contribution in [-0.2, 0) is 19.7 Å². The van der Waals surface area contributed by atoms with E-state index >= 15 is 0 Å². The number of likely N-dealkylation sites (tertiary alicyclic amines) is 1. The Kier molecular flexibility index (Phi) is 6.06. The summed E-state index contributed by atoms with van der Waals surface area (Å²) in [7, 11) is 0. The molecule has 1 aliphatic heterocycles. The SMILES string of the molecule is CC(=O)N1CCC(C(=O)OCC(=O)c2cc(F)ccc2F)(c2ccccc2)CC1. The van der Waals surface area contributed by atoms with Crippen LogP contribution in [0.4, 0.5) is 8.78 Å². The molecule has 0 unspecified atom stereocenters. The lowest BCUT2D eigenvalue weighted by Crippen LogP contribution is -2.49. The summed E-state index contributed by atoms with van der Waals surface area (Å²) < 4.78 is 32.4. The summed E-state index contributed by atoms with van der Waals surface area (Å²) in [5.41, 5.74) is -0.732. The second-order valence-corrected chi connectivity index (χ2v) is 7.08. The predicted molar refractivity (Wildman–Crippen MR) is 101 cm³/mol. The van der Waals surface area contributed by atoms with Crippen LogP contribution in [0.15, 0.2) is 48.5 Å². The van der Waals surface area contributed by atoms with Gasteiger partial charge in [0.25, 0.3) is 0 Å². The van der Waals surface area contributed by atoms with E-state index < -0.39 is 41.0 Å². The Bertz CT molecular complexity index is 922. The molecule has 0 saturated carbocycles. The van der Waals surface area contributed by atoms with Gasteiger partial charge in [-0.25, -0.2) is 8.78 Å². The van der Waals surface area contributed by atoms with E-state index in [0.717, 1.165) is 23.8 Å². The zero-order valence-corrected chi connectivity index (χ0v) is 16.0. The highest BCUT2D eigenvalue weighted by molar-refractivity contribution is 5.98. The summed E-state index contributed by atoms with van der Waals surface area (Å²) in [5, 5.41) is 0. The van der Waals surface area contributed by atoms with Crippen LogP contribution < -0.4 is 0 Å². The first-order valence-electron chi connectivity index (χ1n) is 9.30. The van der Waals surface area contributed by atoms with Crippen LogP contribution in [0.2, 0.25) is 0 Å². The Hall–Kier alpha value is -3.09. The molecule has 0 aromatic heterocycles. The fourth-order valence-electron chi connectivity index (χ4n) is 3.63. The van der Waals surface area contributed by atoms with Gasteiger partial charge in [0.1, 0.15) is 11.6 Å². The molecule has 0 spiro atoms. The van der Waals surface area contributed by atoms with Crippen molar-refractivity contribution in [3.63, 3.8) is 0 Å². The third-order valence-electron chi connectivity index (χ3n) is 5.34. The van der Waals surface area contributed by atoms with E-state index in [1.807, 2.05) is 6.07 Å². The molecule has 1 amide bonds. The number of benzene rings is 2. The highest BCUT2D eigenvalue weighted by Gasteiger charge is 2.45. The second-order valence-electron chi connectivity index (χ2n) is 7.08. The van der Waals surface area contributed by atoms with E-state index in [-0.39, 0.29) is 5.91 Å². The molecule has 0 bridgehead atoms. The minimum absolute atomic E-state index is 0.0724. The maximum atomic E-state index is 13.8. The molecule has 5 nitrogen and oxygen atoms in total. The molecule has 2 aromatic rings. The number of nitrogens with zero attached hydrogens (tertiary/aromatic N) is 1. The third kappa shape index (κ3) is 4.34. The van der Waals surface area contributed by atoms with Crippen molar-refractivity contribution in [2.45, 2.75) is 25.2 Å². The number of esters is 1. The highest BCUT2D eigenvalue weighted by Crippen LogP contribution is 2.37. The summed E-state index contributed by atoms with van der Waals surface area (Å²) >= 11 is 0. The Labute approximate surface area is 167 Å². The maximum absolute atomic E-state index is 13.8. The number of ether oxygens (including phenoxy) is 1. The quantitative estimate of drug-likeness (QED) is 0.570. The number of rotatable bonds is 5. The Morgan fingerprint density at radius 1 is 1.03 bits per heavy atom. The van der Waals surface area contributed by atoms with Crippen molar-refractivity contribution in [2.24, 2.45) is 0 Å². The number of amides is 1. The van der Waals surface area contributed by atoms with Gasteiger partial charge >= 0.3 is 5.97 Å². The van der Waals surface area contributed by atoms with Crippen LogP contribution in [0.1, 0.15) is 35.7 Å². The van der Waals surface area contributed by atoms with Gasteiger partial charge in [-0.15, -0.1) is 0 Å². The van der Waals surface area contributed by atoms with Gasteiger partial charge in [0.15, 0.2) is 6.61 Å². The number of piperidine rings is 1. The van der Waals surface area contributed by atoms with Crippen molar-refractivity contribution in [2.75, 3.05) is 19.7 Å². The molecule has 7 heteroatoms. The third-order valence-corrected chi connectivity index (χ3v) is 5.34. The average molecular weight is 401 g/mol. The van der Waals surface area contributed by atoms with E-state index in [0.29, 0.717) is 25.9 Å². The first kappa shape index (κ1) is 20.6. The Morgan fingerprint density at radius 2 is 1.69 bits per heavy atom. The van der Waals surface area contributed by atoms with Crippen LogP contribution in [0, 0.1) is 11.6 Å². The van der Waals surface area contributed by atoms with Crippen molar-refractivity contribution in [1.82, 2.24) is 4.90 Å². The van der Waals surface area contributed by atoms with E-state index in [1.165, 1.54) is 6.92 Å². The van der Waals surface area contributed by atoms with Gasteiger partial charge in [-0.2, -0.15) is 0 Å². The van der Waals surface area contributed by atoms with Gasteiger partial charge in [0.2, 0.25) is 11.7 Å². The monoisotopic (exact) mass is 401 g/mol. The zero-order valence-electron chi connectivity index (χ0n) is 16.0. The number of hydrogen-bond acceptors (Lipinski definition) is 4. The predicted octanol–water partition coefficient (Wildman–Crippen LogP) is 3.27. The molecule has 3 rings (SSSR count). The first-order chi connectivity index (χ1) is 13.8. The normalized spacial score (nSPS) is 15.6. The van der Waals surface area contributed by atoms with Crippen LogP contribution in [0.25, 0.3) is 0 Å². The first-order valence-corrected chi connectivity index (χ1v) is 9.30. The van der Waals surface area contributed by atoms with Gasteiger partial charge in [0, 0.05) is 20.0 Å². The summed E-state index contributed by atoms with van der Waals surface area (Å²) in [4.78, 5) is 38.6. The Balaban J connectivity index is 1.78. The van der Waals surface area contributed by atoms with Gasteiger partial charge in [-0.05, 0) is 36.6 Å². The van der Waals surface area contributed by atoms with Gasteiger partial charge in [0.05, 0.1) is 11.0 Å². The molecular formula is C22H21F2NO4. The minimum Gasteiger partial charge on any atom is -0.457 e. The second kappa shape index (κ2) is 8.51. The maximum Gasteiger partial charge on any atom is 0.317 e. The summed E-state index contributed by atoms with van der Waals surface area (Å²) in [6.07, 6.45) is 0.690. The molecule has 1 fully saturated rings. The molecule has 0 N–H and O–H groups in total. The fourth-order valence-corrected chi connectivity index (χ4v) is 3.63. The lowest BCUT2D eigenvalue weighted by atomic mass is 9.72. The highest BCUT2D eigenvalue weighted by atomic mass is 19.1. The smallest absolute Gasteiger partial charge is 0.317 e. The number of carbonyl (C=O) groups excluding carboxylic acids is 3. The lowest BCUT2D eigenvalue weighted by molar-refractivity contribution is -0.153. The van der Waals surface area contributed by atoms with Crippen molar-refractivity contribution in [3.8, 4) is 0 Å². The van der Waals surface area contributed by atoms with Crippen LogP contribution in [0.5, 0.6) is 0 Å². The molecule has 1 saturated heterocycles. The number of ketones is 1. The molecule has 0 radical (unpaired) electrons. The number of Topliss-reactive ketones (excluding diaryl/α,β-unsaturated/α-hetero) is 1. The molecule has 1 heterocycles. The van der Waals surface area contributed by atoms with E-state index in [1.54, 1.807) is 29.2 Å². The minimum atomic E-state index is -1.01. The molecule has 0 atom stereocenters. The van der Waals surface area contributed by atoms with Crippen LogP contribution >= 0.6 is 0 Å². The number of halogens is 2. The largest absolute Gasteiger partial charge is 0.457 e. The van der Waals surface area contributed by atoms with Gasteiger partial charge < -0.3 is 9.64 Å². The molecular weight excluding hydrogens is 380 g/mol.